The molecule has 0 aliphatic rings. The van der Waals surface area contributed by atoms with E-state index in [4.69, 9.17) is 9.47 Å². The van der Waals surface area contributed by atoms with Crippen LogP contribution in [0.5, 0.6) is 0 Å². The van der Waals surface area contributed by atoms with Crippen molar-refractivity contribution in [2.45, 2.75) is 13.8 Å². The number of nitrogens with one attached hydrogen (secondary N) is 3. The van der Waals surface area contributed by atoms with Crippen molar-refractivity contribution >= 4 is 28.5 Å². The summed E-state index contributed by atoms with van der Waals surface area (Å²) in [5, 5.41) is 3.82. The third kappa shape index (κ3) is 3.34. The minimum atomic E-state index is -0.472. The SMILES string of the molecule is COCCOC(=O)c1c(C)[nH]c(C(=O)Nc2cccc3[nH]ccc23)c1C. The van der Waals surface area contributed by atoms with Gasteiger partial charge in [0.25, 0.3) is 5.91 Å². The number of carbonyl (C=O) groups is 2. The number of rotatable bonds is 6. The number of hydrogen-bond donors (Lipinski definition) is 3. The van der Waals surface area contributed by atoms with E-state index in [1.165, 1.54) is 7.11 Å². The first-order valence-electron chi connectivity index (χ1n) is 8.25. The van der Waals surface area contributed by atoms with Crippen molar-refractivity contribution in [2.75, 3.05) is 25.6 Å². The monoisotopic (exact) mass is 355 g/mol. The summed E-state index contributed by atoms with van der Waals surface area (Å²) in [7, 11) is 1.54. The standard InChI is InChI=1S/C19H21N3O4/c1-11-16(19(24)26-10-9-25-3)12(2)21-17(11)18(23)22-15-6-4-5-14-13(15)7-8-20-14/h4-8,20-21H,9-10H2,1-3H3,(H,22,23). The number of aromatic amines is 2. The number of benzene rings is 1. The maximum atomic E-state index is 12.7. The van der Waals surface area contributed by atoms with E-state index >= 15 is 0 Å². The van der Waals surface area contributed by atoms with Crippen LogP contribution in [0.3, 0.4) is 0 Å². The van der Waals surface area contributed by atoms with Crippen LogP contribution >= 0.6 is 0 Å². The van der Waals surface area contributed by atoms with E-state index in [0.29, 0.717) is 34.8 Å². The largest absolute Gasteiger partial charge is 0.460 e. The molecular weight excluding hydrogens is 334 g/mol. The average molecular weight is 355 g/mol. The molecule has 1 aromatic carbocycles. The van der Waals surface area contributed by atoms with Gasteiger partial charge in [-0.2, -0.15) is 0 Å². The van der Waals surface area contributed by atoms with Gasteiger partial charge in [-0.25, -0.2) is 4.79 Å². The molecule has 0 radical (unpaired) electrons. The van der Waals surface area contributed by atoms with Crippen LogP contribution in [0.2, 0.25) is 0 Å². The van der Waals surface area contributed by atoms with Crippen LogP contribution in [0.4, 0.5) is 5.69 Å². The van der Waals surface area contributed by atoms with Gasteiger partial charge < -0.3 is 24.8 Å². The van der Waals surface area contributed by atoms with Crippen molar-refractivity contribution < 1.29 is 19.1 Å². The first-order valence-corrected chi connectivity index (χ1v) is 8.25. The zero-order chi connectivity index (χ0) is 18.7. The van der Waals surface area contributed by atoms with Crippen molar-refractivity contribution in [1.29, 1.82) is 0 Å². The molecule has 0 atom stereocenters. The number of aromatic nitrogens is 2. The van der Waals surface area contributed by atoms with Gasteiger partial charge >= 0.3 is 5.97 Å². The number of hydrogen-bond acceptors (Lipinski definition) is 4. The Labute approximate surface area is 150 Å². The van der Waals surface area contributed by atoms with Crippen LogP contribution in [0, 0.1) is 13.8 Å². The number of anilines is 1. The minimum absolute atomic E-state index is 0.163. The fourth-order valence-electron chi connectivity index (χ4n) is 2.95. The Hall–Kier alpha value is -3.06. The first kappa shape index (κ1) is 17.8. The van der Waals surface area contributed by atoms with Gasteiger partial charge in [0, 0.05) is 29.9 Å². The molecule has 0 saturated carbocycles. The Morgan fingerprint density at radius 1 is 1.15 bits per heavy atom. The maximum Gasteiger partial charge on any atom is 0.340 e. The van der Waals surface area contributed by atoms with Gasteiger partial charge in [0.2, 0.25) is 0 Å². The van der Waals surface area contributed by atoms with Crippen LogP contribution in [-0.4, -0.2) is 42.2 Å². The zero-order valence-corrected chi connectivity index (χ0v) is 14.9. The smallest absolute Gasteiger partial charge is 0.340 e. The summed E-state index contributed by atoms with van der Waals surface area (Å²) >= 11 is 0. The molecule has 0 aliphatic heterocycles. The third-order valence-corrected chi connectivity index (χ3v) is 4.23. The van der Waals surface area contributed by atoms with Crippen molar-refractivity contribution in [1.82, 2.24) is 9.97 Å². The molecule has 0 unspecified atom stereocenters. The van der Waals surface area contributed by atoms with Gasteiger partial charge in [-0.15, -0.1) is 0 Å². The molecule has 3 aromatic rings. The second kappa shape index (κ2) is 7.45. The molecule has 0 spiro atoms. The lowest BCUT2D eigenvalue weighted by Gasteiger charge is -2.07. The quantitative estimate of drug-likeness (QED) is 0.467. The molecule has 3 N–H and O–H groups in total. The van der Waals surface area contributed by atoms with Gasteiger partial charge in [-0.05, 0) is 37.6 Å². The number of amides is 1. The van der Waals surface area contributed by atoms with E-state index < -0.39 is 5.97 Å². The summed E-state index contributed by atoms with van der Waals surface area (Å²) in [6.07, 6.45) is 1.82. The van der Waals surface area contributed by atoms with Crippen LogP contribution in [0.25, 0.3) is 10.9 Å². The number of ether oxygens (including phenoxy) is 2. The fraction of sp³-hybridized carbons (Fsp3) is 0.263. The molecule has 0 saturated heterocycles. The summed E-state index contributed by atoms with van der Waals surface area (Å²) in [5.74, 6) is -0.782. The number of aryl methyl sites for hydroxylation is 1. The van der Waals surface area contributed by atoms with Crippen molar-refractivity contribution in [3.05, 3.63) is 53.0 Å². The maximum absolute atomic E-state index is 12.7. The molecule has 2 aromatic heterocycles. The van der Waals surface area contributed by atoms with Crippen LogP contribution in [0.1, 0.15) is 32.1 Å². The van der Waals surface area contributed by atoms with E-state index in [9.17, 15) is 9.59 Å². The number of fused-ring (bicyclic) bond motifs is 1. The van der Waals surface area contributed by atoms with Gasteiger partial charge in [-0.3, -0.25) is 4.79 Å². The molecule has 136 valence electrons. The summed E-state index contributed by atoms with van der Waals surface area (Å²) in [6.45, 7) is 3.95. The summed E-state index contributed by atoms with van der Waals surface area (Å²) in [4.78, 5) is 31.1. The topological polar surface area (TPSA) is 96.2 Å². The van der Waals surface area contributed by atoms with E-state index in [0.717, 1.165) is 10.9 Å². The van der Waals surface area contributed by atoms with Gasteiger partial charge in [0.15, 0.2) is 0 Å². The number of methoxy groups -OCH3 is 1. The van der Waals surface area contributed by atoms with Crippen molar-refractivity contribution in [2.24, 2.45) is 0 Å². The normalized spacial score (nSPS) is 10.9. The Balaban J connectivity index is 1.83. The average Bonchev–Trinajstić information content (AvgIpc) is 3.20. The molecule has 0 fully saturated rings. The molecule has 26 heavy (non-hydrogen) atoms. The predicted octanol–water partition coefficient (Wildman–Crippen LogP) is 3.17. The fourth-order valence-corrected chi connectivity index (χ4v) is 2.95. The summed E-state index contributed by atoms with van der Waals surface area (Å²) in [5.41, 5.74) is 3.51. The molecule has 7 heteroatoms. The third-order valence-electron chi connectivity index (χ3n) is 4.23. The van der Waals surface area contributed by atoms with E-state index in [1.807, 2.05) is 30.5 Å². The lowest BCUT2D eigenvalue weighted by atomic mass is 10.1. The highest BCUT2D eigenvalue weighted by Gasteiger charge is 2.23. The molecular formula is C19H21N3O4. The Morgan fingerprint density at radius 3 is 2.73 bits per heavy atom. The van der Waals surface area contributed by atoms with Crippen LogP contribution in [0.15, 0.2) is 30.5 Å². The van der Waals surface area contributed by atoms with Crippen molar-refractivity contribution in [3.8, 4) is 0 Å². The first-order chi connectivity index (χ1) is 12.5. The minimum Gasteiger partial charge on any atom is -0.460 e. The summed E-state index contributed by atoms with van der Waals surface area (Å²) in [6, 6.07) is 7.53. The number of esters is 1. The zero-order valence-electron chi connectivity index (χ0n) is 14.9. The lowest BCUT2D eigenvalue weighted by molar-refractivity contribution is 0.0387. The van der Waals surface area contributed by atoms with E-state index in [2.05, 4.69) is 15.3 Å². The Bertz CT molecular complexity index is 955. The number of H-pyrrole nitrogens is 2. The summed E-state index contributed by atoms with van der Waals surface area (Å²) < 4.78 is 10.0. The molecule has 7 nitrogen and oxygen atoms in total. The Morgan fingerprint density at radius 2 is 1.96 bits per heavy atom. The lowest BCUT2D eigenvalue weighted by Crippen LogP contribution is -2.15. The van der Waals surface area contributed by atoms with Crippen LogP contribution in [-0.2, 0) is 9.47 Å². The molecule has 1 amide bonds. The molecule has 2 heterocycles. The highest BCUT2D eigenvalue weighted by atomic mass is 16.6. The van der Waals surface area contributed by atoms with Gasteiger partial charge in [0.1, 0.15) is 12.3 Å². The second-order valence-electron chi connectivity index (χ2n) is 5.95. The van der Waals surface area contributed by atoms with Crippen molar-refractivity contribution in [3.63, 3.8) is 0 Å². The highest BCUT2D eigenvalue weighted by molar-refractivity contribution is 6.10. The highest BCUT2D eigenvalue weighted by Crippen LogP contribution is 2.24. The Kier molecular flexibility index (Phi) is 5.09. The van der Waals surface area contributed by atoms with Crippen LogP contribution < -0.4 is 5.32 Å². The molecule has 3 rings (SSSR count). The second-order valence-corrected chi connectivity index (χ2v) is 5.95. The molecule has 0 aliphatic carbocycles. The van der Waals surface area contributed by atoms with Gasteiger partial charge in [0.05, 0.1) is 17.9 Å². The van der Waals surface area contributed by atoms with Gasteiger partial charge in [-0.1, -0.05) is 6.07 Å². The predicted molar refractivity (Wildman–Crippen MR) is 98.7 cm³/mol. The molecule has 0 bridgehead atoms. The van der Waals surface area contributed by atoms with E-state index in [1.54, 1.807) is 13.8 Å². The van der Waals surface area contributed by atoms with E-state index in [-0.39, 0.29) is 12.5 Å². The number of carbonyl (C=O) groups excluding carboxylic acids is 2.